The third-order valence-corrected chi connectivity index (χ3v) is 3.75. The second-order valence-corrected chi connectivity index (χ2v) is 5.20. The number of amides is 2. The molecule has 2 amide bonds. The van der Waals surface area contributed by atoms with Crippen molar-refractivity contribution in [1.29, 1.82) is 0 Å². The fourth-order valence-corrected chi connectivity index (χ4v) is 2.71. The molecule has 7 heteroatoms. The summed E-state index contributed by atoms with van der Waals surface area (Å²) in [6.45, 7) is 2.85. The lowest BCUT2D eigenvalue weighted by atomic mass is 9.96. The minimum atomic E-state index is -0.286. The number of piperidine rings is 1. The van der Waals surface area contributed by atoms with Gasteiger partial charge in [-0.25, -0.2) is 0 Å². The van der Waals surface area contributed by atoms with Crippen LogP contribution in [0.4, 0.5) is 0 Å². The van der Waals surface area contributed by atoms with E-state index < -0.39 is 0 Å². The van der Waals surface area contributed by atoms with Gasteiger partial charge in [-0.05, 0) is 25.7 Å². The van der Waals surface area contributed by atoms with Gasteiger partial charge in [0.15, 0.2) is 0 Å². The number of nitrogens with two attached hydrogens (primary N) is 1. The average molecular weight is 306 g/mol. The lowest BCUT2D eigenvalue weighted by Crippen LogP contribution is -2.48. The largest absolute Gasteiger partial charge is 0.368 e. The van der Waals surface area contributed by atoms with Crippen molar-refractivity contribution in [2.75, 3.05) is 32.8 Å². The molecule has 2 rings (SSSR count). The van der Waals surface area contributed by atoms with Crippen molar-refractivity contribution in [3.05, 3.63) is 0 Å². The SMILES string of the molecule is Cl.NCCNC(=O)C1CCCN(C(=O)C2CCCO2)C1. The summed E-state index contributed by atoms with van der Waals surface area (Å²) in [5.74, 6) is -0.0465. The molecule has 3 N–H and O–H groups in total. The van der Waals surface area contributed by atoms with Crippen LogP contribution in [0.15, 0.2) is 0 Å². The topological polar surface area (TPSA) is 84.7 Å². The Balaban J connectivity index is 0.00000200. The summed E-state index contributed by atoms with van der Waals surface area (Å²) in [6, 6.07) is 0. The Morgan fingerprint density at radius 1 is 1.30 bits per heavy atom. The molecule has 116 valence electrons. The van der Waals surface area contributed by atoms with Gasteiger partial charge in [-0.3, -0.25) is 9.59 Å². The number of hydrogen-bond acceptors (Lipinski definition) is 4. The van der Waals surface area contributed by atoms with Gasteiger partial charge in [-0.2, -0.15) is 0 Å². The standard InChI is InChI=1S/C13H23N3O3.ClH/c14-5-6-15-12(17)10-3-1-7-16(9-10)13(18)11-4-2-8-19-11;/h10-11H,1-9,14H2,(H,15,17);1H. The predicted molar refractivity (Wildman–Crippen MR) is 77.6 cm³/mol. The van der Waals surface area contributed by atoms with Crippen LogP contribution in [0.5, 0.6) is 0 Å². The maximum absolute atomic E-state index is 12.2. The number of halogens is 1. The summed E-state index contributed by atoms with van der Waals surface area (Å²) in [5, 5.41) is 2.80. The molecular formula is C13H24ClN3O3. The molecule has 20 heavy (non-hydrogen) atoms. The maximum Gasteiger partial charge on any atom is 0.251 e. The minimum absolute atomic E-state index is 0. The zero-order chi connectivity index (χ0) is 13.7. The number of nitrogens with zero attached hydrogens (tertiary/aromatic N) is 1. The summed E-state index contributed by atoms with van der Waals surface area (Å²) in [7, 11) is 0. The van der Waals surface area contributed by atoms with Gasteiger partial charge in [0, 0.05) is 32.8 Å². The Kier molecular flexibility index (Phi) is 7.26. The van der Waals surface area contributed by atoms with Crippen LogP contribution < -0.4 is 11.1 Å². The second-order valence-electron chi connectivity index (χ2n) is 5.20. The molecule has 6 nitrogen and oxygen atoms in total. The van der Waals surface area contributed by atoms with Crippen LogP contribution >= 0.6 is 12.4 Å². The van der Waals surface area contributed by atoms with E-state index in [4.69, 9.17) is 10.5 Å². The van der Waals surface area contributed by atoms with Crippen molar-refractivity contribution in [2.45, 2.75) is 31.8 Å². The molecule has 0 aromatic heterocycles. The summed E-state index contributed by atoms with van der Waals surface area (Å²) in [6.07, 6.45) is 3.18. The molecule has 2 aliphatic heterocycles. The first-order valence-corrected chi connectivity index (χ1v) is 7.10. The molecule has 0 saturated carbocycles. The van der Waals surface area contributed by atoms with Gasteiger partial charge in [-0.1, -0.05) is 0 Å². The van der Waals surface area contributed by atoms with Gasteiger partial charge in [0.25, 0.3) is 5.91 Å². The molecule has 0 aromatic carbocycles. The molecule has 0 spiro atoms. The number of nitrogens with one attached hydrogen (secondary N) is 1. The van der Waals surface area contributed by atoms with E-state index in [-0.39, 0.29) is 36.2 Å². The van der Waals surface area contributed by atoms with Crippen LogP contribution in [0.25, 0.3) is 0 Å². The molecule has 2 saturated heterocycles. The Labute approximate surface area is 125 Å². The number of hydrogen-bond donors (Lipinski definition) is 2. The van der Waals surface area contributed by atoms with Gasteiger partial charge in [0.1, 0.15) is 6.10 Å². The van der Waals surface area contributed by atoms with Crippen LogP contribution in [0.3, 0.4) is 0 Å². The van der Waals surface area contributed by atoms with Gasteiger partial charge >= 0.3 is 0 Å². The highest BCUT2D eigenvalue weighted by Gasteiger charge is 2.33. The Bertz CT molecular complexity index is 335. The number of rotatable bonds is 4. The summed E-state index contributed by atoms with van der Waals surface area (Å²) in [4.78, 5) is 25.9. The molecule has 0 bridgehead atoms. The minimum Gasteiger partial charge on any atom is -0.368 e. The second kappa shape index (κ2) is 8.44. The van der Waals surface area contributed by atoms with Crippen LogP contribution in [0.2, 0.25) is 0 Å². The van der Waals surface area contributed by atoms with Crippen LogP contribution in [0.1, 0.15) is 25.7 Å². The van der Waals surface area contributed by atoms with Gasteiger partial charge in [-0.15, -0.1) is 12.4 Å². The molecule has 2 heterocycles. The first-order chi connectivity index (χ1) is 9.22. The van der Waals surface area contributed by atoms with E-state index in [2.05, 4.69) is 5.32 Å². The van der Waals surface area contributed by atoms with Gasteiger partial charge in [0.05, 0.1) is 5.92 Å². The van der Waals surface area contributed by atoms with Crippen molar-refractivity contribution in [3.8, 4) is 0 Å². The zero-order valence-electron chi connectivity index (χ0n) is 11.7. The normalized spacial score (nSPS) is 25.9. The van der Waals surface area contributed by atoms with E-state index in [1.165, 1.54) is 0 Å². The van der Waals surface area contributed by atoms with E-state index >= 15 is 0 Å². The Morgan fingerprint density at radius 3 is 2.75 bits per heavy atom. The molecule has 0 aromatic rings. The fourth-order valence-electron chi connectivity index (χ4n) is 2.71. The number of ether oxygens (including phenoxy) is 1. The van der Waals surface area contributed by atoms with Gasteiger partial charge < -0.3 is 20.7 Å². The third-order valence-electron chi connectivity index (χ3n) is 3.75. The van der Waals surface area contributed by atoms with Crippen LogP contribution in [0, 0.1) is 5.92 Å². The maximum atomic E-state index is 12.2. The van der Waals surface area contributed by atoms with E-state index in [0.717, 1.165) is 32.2 Å². The third kappa shape index (κ3) is 4.33. The van der Waals surface area contributed by atoms with Crippen molar-refractivity contribution in [2.24, 2.45) is 11.7 Å². The molecule has 2 unspecified atom stereocenters. The number of carbonyl (C=O) groups is 2. The Hall–Kier alpha value is -0.850. The monoisotopic (exact) mass is 305 g/mol. The number of likely N-dealkylation sites (tertiary alicyclic amines) is 1. The quantitative estimate of drug-likeness (QED) is 0.760. The van der Waals surface area contributed by atoms with E-state index in [1.807, 2.05) is 0 Å². The summed E-state index contributed by atoms with van der Waals surface area (Å²) in [5.41, 5.74) is 5.37. The highest BCUT2D eigenvalue weighted by molar-refractivity contribution is 5.85. The molecule has 0 radical (unpaired) electrons. The van der Waals surface area contributed by atoms with Crippen molar-refractivity contribution >= 4 is 24.2 Å². The van der Waals surface area contributed by atoms with Crippen LogP contribution in [-0.2, 0) is 14.3 Å². The smallest absolute Gasteiger partial charge is 0.251 e. The first kappa shape index (κ1) is 17.2. The Morgan fingerprint density at radius 2 is 2.10 bits per heavy atom. The molecular weight excluding hydrogens is 282 g/mol. The van der Waals surface area contributed by atoms with E-state index in [0.29, 0.717) is 26.2 Å². The highest BCUT2D eigenvalue weighted by atomic mass is 35.5. The lowest BCUT2D eigenvalue weighted by Gasteiger charge is -2.33. The molecule has 2 atom stereocenters. The fraction of sp³-hybridized carbons (Fsp3) is 0.846. The van der Waals surface area contributed by atoms with E-state index in [1.54, 1.807) is 4.90 Å². The van der Waals surface area contributed by atoms with Crippen molar-refractivity contribution in [3.63, 3.8) is 0 Å². The molecule has 0 aliphatic carbocycles. The van der Waals surface area contributed by atoms with Gasteiger partial charge in [0.2, 0.25) is 5.91 Å². The first-order valence-electron chi connectivity index (χ1n) is 7.10. The van der Waals surface area contributed by atoms with E-state index in [9.17, 15) is 9.59 Å². The summed E-state index contributed by atoms with van der Waals surface area (Å²) < 4.78 is 5.42. The average Bonchev–Trinajstić information content (AvgIpc) is 2.98. The number of carbonyl (C=O) groups excluding carboxylic acids is 2. The van der Waals surface area contributed by atoms with Crippen molar-refractivity contribution < 1.29 is 14.3 Å². The highest BCUT2D eigenvalue weighted by Crippen LogP contribution is 2.21. The predicted octanol–water partition coefficient (Wildman–Crippen LogP) is -0.0993. The lowest BCUT2D eigenvalue weighted by molar-refractivity contribution is -0.144. The summed E-state index contributed by atoms with van der Waals surface area (Å²) >= 11 is 0. The van der Waals surface area contributed by atoms with Crippen molar-refractivity contribution in [1.82, 2.24) is 10.2 Å². The molecule has 2 aliphatic rings. The molecule has 2 fully saturated rings. The zero-order valence-corrected chi connectivity index (χ0v) is 12.5. The van der Waals surface area contributed by atoms with Crippen LogP contribution in [-0.4, -0.2) is 55.6 Å².